The van der Waals surface area contributed by atoms with Gasteiger partial charge in [0.2, 0.25) is 5.91 Å². The number of carboxylic acid groups (broad SMARTS) is 1. The van der Waals surface area contributed by atoms with Crippen molar-refractivity contribution < 1.29 is 19.8 Å². The van der Waals surface area contributed by atoms with E-state index in [1.54, 1.807) is 12.5 Å². The summed E-state index contributed by atoms with van der Waals surface area (Å²) >= 11 is 0. The molecular formula is C29H27N3O4. The fraction of sp³-hybridized carbons (Fsp3) is 0.207. The summed E-state index contributed by atoms with van der Waals surface area (Å²) in [6.07, 6.45) is 1.83. The number of imide groups is 1. The molecule has 7 nitrogen and oxygen atoms in total. The Hall–Kier alpha value is -4.23. The van der Waals surface area contributed by atoms with Crippen LogP contribution in [0.3, 0.4) is 0 Å². The lowest BCUT2D eigenvalue weighted by atomic mass is 9.76. The molecule has 2 N–H and O–H groups in total. The first-order valence-corrected chi connectivity index (χ1v) is 12.0. The summed E-state index contributed by atoms with van der Waals surface area (Å²) in [6, 6.07) is 30.2. The van der Waals surface area contributed by atoms with Gasteiger partial charge in [0, 0.05) is 12.7 Å². The molecule has 1 aliphatic heterocycles. The van der Waals surface area contributed by atoms with Crippen LogP contribution in [-0.4, -0.2) is 43.2 Å². The Morgan fingerprint density at radius 3 is 1.86 bits per heavy atom. The topological polar surface area (TPSA) is 95.7 Å². The van der Waals surface area contributed by atoms with Gasteiger partial charge in [-0.1, -0.05) is 91.0 Å². The SMILES string of the molecule is O=C(O)N1CCCC(C(O)c2cn(C(c3ccccc3)(c3ccccc3)c3ccccc3)cn2)C1=O. The molecule has 4 aromatic rings. The second-order valence-electron chi connectivity index (χ2n) is 8.98. The molecule has 36 heavy (non-hydrogen) atoms. The van der Waals surface area contributed by atoms with Crippen molar-refractivity contribution in [3.8, 4) is 0 Å². The van der Waals surface area contributed by atoms with Crippen LogP contribution in [-0.2, 0) is 10.3 Å². The minimum Gasteiger partial charge on any atom is -0.465 e. The third-order valence-electron chi connectivity index (χ3n) is 6.96. The van der Waals surface area contributed by atoms with Gasteiger partial charge in [-0.05, 0) is 29.5 Å². The summed E-state index contributed by atoms with van der Waals surface area (Å²) in [5, 5.41) is 20.6. The largest absolute Gasteiger partial charge is 0.465 e. The van der Waals surface area contributed by atoms with Gasteiger partial charge in [0.15, 0.2) is 0 Å². The minimum absolute atomic E-state index is 0.144. The van der Waals surface area contributed by atoms with E-state index in [0.717, 1.165) is 21.6 Å². The molecule has 1 aliphatic rings. The summed E-state index contributed by atoms with van der Waals surface area (Å²) in [6.45, 7) is 0.144. The maximum Gasteiger partial charge on any atom is 0.414 e. The molecule has 0 spiro atoms. The molecule has 2 unspecified atom stereocenters. The van der Waals surface area contributed by atoms with Gasteiger partial charge in [0.25, 0.3) is 0 Å². The van der Waals surface area contributed by atoms with Crippen molar-refractivity contribution in [2.45, 2.75) is 24.5 Å². The number of hydrogen-bond acceptors (Lipinski definition) is 4. The Balaban J connectivity index is 1.65. The predicted molar refractivity (Wildman–Crippen MR) is 134 cm³/mol. The third-order valence-corrected chi connectivity index (χ3v) is 6.96. The van der Waals surface area contributed by atoms with Crippen molar-refractivity contribution in [3.63, 3.8) is 0 Å². The smallest absolute Gasteiger partial charge is 0.414 e. The molecule has 0 radical (unpaired) electrons. The number of nitrogens with zero attached hydrogens (tertiary/aromatic N) is 3. The number of amides is 2. The second kappa shape index (κ2) is 9.79. The first kappa shape index (κ1) is 23.5. The zero-order chi connectivity index (χ0) is 25.1. The van der Waals surface area contributed by atoms with E-state index in [-0.39, 0.29) is 6.54 Å². The fourth-order valence-corrected chi connectivity index (χ4v) is 5.25. The first-order valence-electron chi connectivity index (χ1n) is 12.0. The minimum atomic E-state index is -1.29. The Labute approximate surface area is 209 Å². The highest BCUT2D eigenvalue weighted by Crippen LogP contribution is 2.41. The van der Waals surface area contributed by atoms with Gasteiger partial charge in [-0.2, -0.15) is 0 Å². The van der Waals surface area contributed by atoms with Crippen LogP contribution >= 0.6 is 0 Å². The lowest BCUT2D eigenvalue weighted by Crippen LogP contribution is -2.46. The van der Waals surface area contributed by atoms with Gasteiger partial charge in [0.05, 0.1) is 17.9 Å². The number of piperidine rings is 1. The summed E-state index contributed by atoms with van der Waals surface area (Å²) in [7, 11) is 0. The lowest BCUT2D eigenvalue weighted by molar-refractivity contribution is -0.140. The van der Waals surface area contributed by atoms with E-state index in [1.807, 2.05) is 59.2 Å². The van der Waals surface area contributed by atoms with Gasteiger partial charge >= 0.3 is 6.09 Å². The van der Waals surface area contributed by atoms with Crippen molar-refractivity contribution in [2.75, 3.05) is 6.54 Å². The van der Waals surface area contributed by atoms with E-state index in [0.29, 0.717) is 18.5 Å². The van der Waals surface area contributed by atoms with Gasteiger partial charge in [-0.25, -0.2) is 14.7 Å². The molecule has 1 saturated heterocycles. The normalized spacial score (nSPS) is 17.1. The maximum absolute atomic E-state index is 12.8. The standard InChI is InChI=1S/C29H27N3O4/c33-26(24-17-10-18-32(27(24)34)28(35)36)25-19-31(20-30-25)29(21-11-4-1-5-12-21,22-13-6-2-7-14-22)23-15-8-3-9-16-23/h1-9,11-16,19-20,24,26,33H,10,17-18H2,(H,35,36). The van der Waals surface area contributed by atoms with Crippen LogP contribution < -0.4 is 0 Å². The number of rotatable bonds is 6. The monoisotopic (exact) mass is 481 g/mol. The Bertz CT molecular complexity index is 1240. The van der Waals surface area contributed by atoms with Crippen molar-refractivity contribution in [3.05, 3.63) is 126 Å². The predicted octanol–water partition coefficient (Wildman–Crippen LogP) is 4.67. The highest BCUT2D eigenvalue weighted by atomic mass is 16.4. The van der Waals surface area contributed by atoms with Crippen LogP contribution in [0.15, 0.2) is 104 Å². The highest BCUT2D eigenvalue weighted by Gasteiger charge is 2.41. The Kier molecular flexibility index (Phi) is 6.40. The van der Waals surface area contributed by atoms with Crippen LogP contribution in [0.1, 0.15) is 41.3 Å². The first-order chi connectivity index (χ1) is 17.5. The van der Waals surface area contributed by atoms with Gasteiger partial charge in [-0.3, -0.25) is 4.79 Å². The molecule has 1 fully saturated rings. The zero-order valence-corrected chi connectivity index (χ0v) is 19.6. The summed E-state index contributed by atoms with van der Waals surface area (Å²) in [5.74, 6) is -1.45. The molecule has 2 atom stereocenters. The highest BCUT2D eigenvalue weighted by molar-refractivity contribution is 5.93. The quantitative estimate of drug-likeness (QED) is 0.390. The van der Waals surface area contributed by atoms with E-state index < -0.39 is 29.6 Å². The molecule has 182 valence electrons. The van der Waals surface area contributed by atoms with Crippen molar-refractivity contribution >= 4 is 12.0 Å². The van der Waals surface area contributed by atoms with Crippen LogP contribution in [0.25, 0.3) is 0 Å². The molecule has 0 bridgehead atoms. The van der Waals surface area contributed by atoms with E-state index in [9.17, 15) is 19.8 Å². The number of carbonyl (C=O) groups is 2. The van der Waals surface area contributed by atoms with Gasteiger partial charge in [-0.15, -0.1) is 0 Å². The number of aliphatic hydroxyl groups excluding tert-OH is 1. The molecule has 5 rings (SSSR count). The molecule has 2 amide bonds. The average Bonchev–Trinajstić information content (AvgIpc) is 3.41. The number of likely N-dealkylation sites (tertiary alicyclic amines) is 1. The van der Waals surface area contributed by atoms with E-state index in [4.69, 9.17) is 0 Å². The van der Waals surface area contributed by atoms with E-state index >= 15 is 0 Å². The van der Waals surface area contributed by atoms with Gasteiger partial charge < -0.3 is 14.8 Å². The van der Waals surface area contributed by atoms with Crippen LogP contribution in [0.4, 0.5) is 4.79 Å². The van der Waals surface area contributed by atoms with Crippen molar-refractivity contribution in [1.82, 2.24) is 14.5 Å². The maximum atomic E-state index is 12.8. The molecule has 3 aromatic carbocycles. The lowest BCUT2D eigenvalue weighted by Gasteiger charge is -2.37. The number of hydrogen-bond donors (Lipinski definition) is 2. The van der Waals surface area contributed by atoms with Crippen LogP contribution in [0, 0.1) is 5.92 Å². The number of carbonyl (C=O) groups excluding carboxylic acids is 1. The summed E-state index contributed by atoms with van der Waals surface area (Å²) in [4.78, 5) is 29.6. The molecule has 1 aromatic heterocycles. The third kappa shape index (κ3) is 3.97. The number of imidazole rings is 1. The second-order valence-corrected chi connectivity index (χ2v) is 8.98. The van der Waals surface area contributed by atoms with Crippen LogP contribution in [0.2, 0.25) is 0 Å². The molecule has 0 saturated carbocycles. The number of aliphatic hydroxyl groups is 1. The molecule has 2 heterocycles. The van der Waals surface area contributed by atoms with Gasteiger partial charge in [0.1, 0.15) is 11.6 Å². The fourth-order valence-electron chi connectivity index (χ4n) is 5.25. The molecule has 7 heteroatoms. The Morgan fingerprint density at radius 1 is 0.889 bits per heavy atom. The zero-order valence-electron chi connectivity index (χ0n) is 19.6. The summed E-state index contributed by atoms with van der Waals surface area (Å²) < 4.78 is 1.97. The molecule has 0 aliphatic carbocycles. The van der Waals surface area contributed by atoms with Crippen molar-refractivity contribution in [2.24, 2.45) is 5.92 Å². The van der Waals surface area contributed by atoms with E-state index in [2.05, 4.69) is 41.4 Å². The average molecular weight is 482 g/mol. The Morgan fingerprint density at radius 2 is 1.39 bits per heavy atom. The molecular weight excluding hydrogens is 454 g/mol. The van der Waals surface area contributed by atoms with Crippen LogP contribution in [0.5, 0.6) is 0 Å². The summed E-state index contributed by atoms with van der Waals surface area (Å²) in [5.41, 5.74) is 2.55. The van der Waals surface area contributed by atoms with E-state index in [1.165, 1.54) is 0 Å². The van der Waals surface area contributed by atoms with Crippen molar-refractivity contribution in [1.29, 1.82) is 0 Å². The number of benzene rings is 3. The number of aromatic nitrogens is 2.